The van der Waals surface area contributed by atoms with Crippen LogP contribution in [0.15, 0.2) is 29.2 Å². The molecule has 148 valence electrons. The standard InChI is InChI=1S/C18H25N3O5S/c1-5-13(2)20-27(24,25)16-9-7-15(8-10-16)18(23)26-14(3)17(22)21(4)12-6-11-19/h7-10,13-14,20H,5-6,12H2,1-4H3/t13-,14+/m0/s1. The lowest BCUT2D eigenvalue weighted by molar-refractivity contribution is -0.138. The van der Waals surface area contributed by atoms with E-state index < -0.39 is 28.0 Å². The van der Waals surface area contributed by atoms with Crippen LogP contribution in [0.25, 0.3) is 0 Å². The van der Waals surface area contributed by atoms with E-state index in [0.29, 0.717) is 6.42 Å². The summed E-state index contributed by atoms with van der Waals surface area (Å²) in [7, 11) is -2.14. The Balaban J connectivity index is 2.77. The summed E-state index contributed by atoms with van der Waals surface area (Å²) in [5, 5.41) is 8.55. The molecule has 0 aliphatic heterocycles. The van der Waals surface area contributed by atoms with Gasteiger partial charge in [0, 0.05) is 19.6 Å². The van der Waals surface area contributed by atoms with Crippen molar-refractivity contribution in [2.75, 3.05) is 13.6 Å². The van der Waals surface area contributed by atoms with Gasteiger partial charge >= 0.3 is 5.97 Å². The zero-order chi connectivity index (χ0) is 20.6. The lowest BCUT2D eigenvalue weighted by atomic mass is 10.2. The summed E-state index contributed by atoms with van der Waals surface area (Å²) < 4.78 is 32.1. The van der Waals surface area contributed by atoms with Crippen LogP contribution in [0.5, 0.6) is 0 Å². The van der Waals surface area contributed by atoms with Gasteiger partial charge in [0.25, 0.3) is 5.91 Å². The maximum Gasteiger partial charge on any atom is 0.338 e. The molecule has 0 unspecified atom stereocenters. The molecule has 0 bridgehead atoms. The van der Waals surface area contributed by atoms with Crippen LogP contribution in [0.4, 0.5) is 0 Å². The van der Waals surface area contributed by atoms with E-state index in [1.165, 1.54) is 43.1 Å². The Morgan fingerprint density at radius 2 is 1.85 bits per heavy atom. The number of benzene rings is 1. The average Bonchev–Trinajstić information content (AvgIpc) is 2.64. The fourth-order valence-electron chi connectivity index (χ4n) is 2.10. The number of rotatable bonds is 9. The van der Waals surface area contributed by atoms with E-state index in [2.05, 4.69) is 4.72 Å². The molecule has 0 radical (unpaired) electrons. The number of ether oxygens (including phenoxy) is 1. The Kier molecular flexibility index (Phi) is 8.40. The van der Waals surface area contributed by atoms with Crippen LogP contribution in [0, 0.1) is 11.3 Å². The van der Waals surface area contributed by atoms with Gasteiger partial charge in [0.15, 0.2) is 6.10 Å². The number of nitriles is 1. The van der Waals surface area contributed by atoms with Crippen LogP contribution in [-0.2, 0) is 19.6 Å². The van der Waals surface area contributed by atoms with Crippen molar-refractivity contribution in [2.24, 2.45) is 0 Å². The van der Waals surface area contributed by atoms with Crippen molar-refractivity contribution in [2.45, 2.75) is 50.7 Å². The van der Waals surface area contributed by atoms with Crippen LogP contribution in [0.2, 0.25) is 0 Å². The number of nitrogens with one attached hydrogen (secondary N) is 1. The highest BCUT2D eigenvalue weighted by atomic mass is 32.2. The Morgan fingerprint density at radius 3 is 2.37 bits per heavy atom. The zero-order valence-corrected chi connectivity index (χ0v) is 16.7. The van der Waals surface area contributed by atoms with Gasteiger partial charge in [-0.05, 0) is 44.5 Å². The first-order valence-electron chi connectivity index (χ1n) is 8.57. The van der Waals surface area contributed by atoms with E-state index in [4.69, 9.17) is 10.00 Å². The average molecular weight is 395 g/mol. The fourth-order valence-corrected chi connectivity index (χ4v) is 3.43. The van der Waals surface area contributed by atoms with Crippen molar-refractivity contribution in [3.8, 4) is 6.07 Å². The third-order valence-corrected chi connectivity index (χ3v) is 5.54. The summed E-state index contributed by atoms with van der Waals surface area (Å²) in [5.74, 6) is -1.15. The van der Waals surface area contributed by atoms with Gasteiger partial charge in [-0.25, -0.2) is 17.9 Å². The van der Waals surface area contributed by atoms with Gasteiger partial charge in [-0.1, -0.05) is 6.92 Å². The smallest absolute Gasteiger partial charge is 0.338 e. The normalized spacial score (nSPS) is 13.3. The van der Waals surface area contributed by atoms with Crippen molar-refractivity contribution < 1.29 is 22.7 Å². The van der Waals surface area contributed by atoms with Gasteiger partial charge < -0.3 is 9.64 Å². The number of likely N-dealkylation sites (N-methyl/N-ethyl adjacent to an activating group) is 1. The maximum atomic E-state index is 12.2. The number of sulfonamides is 1. The third-order valence-electron chi connectivity index (χ3n) is 3.94. The fraction of sp³-hybridized carbons (Fsp3) is 0.500. The van der Waals surface area contributed by atoms with E-state index in [-0.39, 0.29) is 29.5 Å². The molecule has 9 heteroatoms. The highest BCUT2D eigenvalue weighted by Gasteiger charge is 2.23. The van der Waals surface area contributed by atoms with Crippen LogP contribution >= 0.6 is 0 Å². The second-order valence-corrected chi connectivity index (χ2v) is 7.88. The molecule has 0 aliphatic carbocycles. The van der Waals surface area contributed by atoms with Crippen molar-refractivity contribution in [1.82, 2.24) is 9.62 Å². The molecule has 1 rings (SSSR count). The monoisotopic (exact) mass is 395 g/mol. The van der Waals surface area contributed by atoms with Gasteiger partial charge in [-0.2, -0.15) is 5.26 Å². The summed E-state index contributed by atoms with van der Waals surface area (Å²) >= 11 is 0. The second kappa shape index (κ2) is 10.0. The molecule has 27 heavy (non-hydrogen) atoms. The number of amides is 1. The molecule has 0 fully saturated rings. The van der Waals surface area contributed by atoms with E-state index in [1.807, 2.05) is 13.0 Å². The van der Waals surface area contributed by atoms with Crippen molar-refractivity contribution in [3.05, 3.63) is 29.8 Å². The molecule has 0 heterocycles. The van der Waals surface area contributed by atoms with E-state index >= 15 is 0 Å². The summed E-state index contributed by atoms with van der Waals surface area (Å²) in [6, 6.07) is 7.03. The Bertz CT molecular complexity index is 799. The predicted octanol–water partition coefficient (Wildman–Crippen LogP) is 1.68. The van der Waals surface area contributed by atoms with Gasteiger partial charge in [-0.3, -0.25) is 4.79 Å². The minimum Gasteiger partial charge on any atom is -0.449 e. The number of nitrogens with zero attached hydrogens (tertiary/aromatic N) is 2. The molecule has 0 aliphatic rings. The van der Waals surface area contributed by atoms with Crippen molar-refractivity contribution >= 4 is 21.9 Å². The van der Waals surface area contributed by atoms with Gasteiger partial charge in [0.2, 0.25) is 10.0 Å². The first-order chi connectivity index (χ1) is 12.6. The predicted molar refractivity (Wildman–Crippen MR) is 99.3 cm³/mol. The minimum absolute atomic E-state index is 0.0414. The molecule has 1 aromatic rings. The number of hydrogen-bond donors (Lipinski definition) is 1. The lowest BCUT2D eigenvalue weighted by Gasteiger charge is -2.20. The highest BCUT2D eigenvalue weighted by molar-refractivity contribution is 7.89. The Labute approximate surface area is 160 Å². The molecule has 8 nitrogen and oxygen atoms in total. The Morgan fingerprint density at radius 1 is 1.26 bits per heavy atom. The van der Waals surface area contributed by atoms with Gasteiger partial charge in [0.05, 0.1) is 22.9 Å². The summed E-state index contributed by atoms with van der Waals surface area (Å²) in [6.45, 7) is 5.31. The molecule has 1 amide bonds. The van der Waals surface area contributed by atoms with Crippen LogP contribution in [0.1, 0.15) is 44.0 Å². The van der Waals surface area contributed by atoms with Crippen molar-refractivity contribution in [3.63, 3.8) is 0 Å². The van der Waals surface area contributed by atoms with Gasteiger partial charge in [-0.15, -0.1) is 0 Å². The molecule has 2 atom stereocenters. The van der Waals surface area contributed by atoms with E-state index in [1.54, 1.807) is 6.92 Å². The first kappa shape index (κ1) is 22.6. The molecule has 1 aromatic carbocycles. The number of esters is 1. The van der Waals surface area contributed by atoms with Crippen LogP contribution in [0.3, 0.4) is 0 Å². The maximum absolute atomic E-state index is 12.2. The third kappa shape index (κ3) is 6.66. The van der Waals surface area contributed by atoms with Crippen LogP contribution in [-0.4, -0.2) is 50.9 Å². The molecule has 0 saturated carbocycles. The van der Waals surface area contributed by atoms with Crippen LogP contribution < -0.4 is 4.72 Å². The number of carbonyl (C=O) groups is 2. The molecular weight excluding hydrogens is 370 g/mol. The highest BCUT2D eigenvalue weighted by Crippen LogP contribution is 2.13. The summed E-state index contributed by atoms with van der Waals surface area (Å²) in [4.78, 5) is 25.6. The van der Waals surface area contributed by atoms with E-state index in [9.17, 15) is 18.0 Å². The number of carbonyl (C=O) groups excluding carboxylic acids is 2. The van der Waals surface area contributed by atoms with E-state index in [0.717, 1.165) is 0 Å². The Hall–Kier alpha value is -2.44. The second-order valence-electron chi connectivity index (χ2n) is 6.17. The number of hydrogen-bond acceptors (Lipinski definition) is 6. The summed E-state index contributed by atoms with van der Waals surface area (Å²) in [5.41, 5.74) is 0.136. The first-order valence-corrected chi connectivity index (χ1v) is 10.1. The molecular formula is C18H25N3O5S. The lowest BCUT2D eigenvalue weighted by Crippen LogP contribution is -2.37. The molecule has 0 aromatic heterocycles. The largest absolute Gasteiger partial charge is 0.449 e. The van der Waals surface area contributed by atoms with Gasteiger partial charge in [0.1, 0.15) is 0 Å². The molecule has 0 saturated heterocycles. The molecule has 0 spiro atoms. The van der Waals surface area contributed by atoms with Crippen molar-refractivity contribution in [1.29, 1.82) is 5.26 Å². The SMILES string of the molecule is CC[C@H](C)NS(=O)(=O)c1ccc(C(=O)O[C@H](C)C(=O)N(C)CCC#N)cc1. The quantitative estimate of drug-likeness (QED) is 0.636. The molecule has 1 N–H and O–H groups in total. The minimum atomic E-state index is -3.66. The zero-order valence-electron chi connectivity index (χ0n) is 15.9. The summed E-state index contributed by atoms with van der Waals surface area (Å²) in [6.07, 6.45) is -0.182. The topological polar surface area (TPSA) is 117 Å².